The predicted octanol–water partition coefficient (Wildman–Crippen LogP) is 1.93. The summed E-state index contributed by atoms with van der Waals surface area (Å²) >= 11 is 0. The second-order valence-electron chi connectivity index (χ2n) is 5.73. The van der Waals surface area contributed by atoms with Gasteiger partial charge in [-0.15, -0.1) is 0 Å². The highest BCUT2D eigenvalue weighted by Gasteiger charge is 2.17. The summed E-state index contributed by atoms with van der Waals surface area (Å²) in [6.45, 7) is 1.73. The number of nitrogens with one attached hydrogen (secondary N) is 1. The van der Waals surface area contributed by atoms with Crippen molar-refractivity contribution in [3.8, 4) is 5.75 Å². The monoisotopic (exact) mass is 348 g/mol. The lowest BCUT2D eigenvalue weighted by molar-refractivity contribution is -0.0172. The van der Waals surface area contributed by atoms with E-state index in [1.807, 2.05) is 18.0 Å². The molecular weight excluding hydrogens is 327 g/mol. The van der Waals surface area contributed by atoms with E-state index in [1.165, 1.54) is 18.4 Å². The molecule has 0 aliphatic carbocycles. The van der Waals surface area contributed by atoms with Gasteiger partial charge in [-0.3, -0.25) is 4.99 Å². The SMILES string of the molecule is CN=C(NCCc1cc(F)cc2c1OCOC2)N(C)Cc1ccon1. The number of ether oxygens (including phenoxy) is 2. The summed E-state index contributed by atoms with van der Waals surface area (Å²) in [5.41, 5.74) is 2.38. The molecule has 1 aliphatic rings. The van der Waals surface area contributed by atoms with Crippen LogP contribution < -0.4 is 10.1 Å². The number of fused-ring (bicyclic) bond motifs is 1. The summed E-state index contributed by atoms with van der Waals surface area (Å²) in [6, 6.07) is 4.77. The number of aliphatic imine (C=N–C) groups is 1. The average molecular weight is 348 g/mol. The van der Waals surface area contributed by atoms with Crippen LogP contribution in [0.1, 0.15) is 16.8 Å². The minimum atomic E-state index is -0.282. The quantitative estimate of drug-likeness (QED) is 0.658. The Kier molecular flexibility index (Phi) is 5.49. The second kappa shape index (κ2) is 7.98. The van der Waals surface area contributed by atoms with Crippen LogP contribution in [-0.2, 0) is 24.3 Å². The maximum absolute atomic E-state index is 13.8. The van der Waals surface area contributed by atoms with Crippen molar-refractivity contribution in [2.24, 2.45) is 4.99 Å². The lowest BCUT2D eigenvalue weighted by Gasteiger charge is -2.23. The third-order valence-corrected chi connectivity index (χ3v) is 3.89. The Balaban J connectivity index is 1.59. The summed E-state index contributed by atoms with van der Waals surface area (Å²) in [5, 5.41) is 7.15. The Bertz CT molecular complexity index is 734. The fourth-order valence-corrected chi connectivity index (χ4v) is 2.77. The Hall–Kier alpha value is -2.61. The van der Waals surface area contributed by atoms with E-state index in [-0.39, 0.29) is 12.6 Å². The fourth-order valence-electron chi connectivity index (χ4n) is 2.77. The molecule has 134 valence electrons. The van der Waals surface area contributed by atoms with Crippen molar-refractivity contribution >= 4 is 5.96 Å². The first-order valence-corrected chi connectivity index (χ1v) is 8.00. The van der Waals surface area contributed by atoms with E-state index in [9.17, 15) is 4.39 Å². The Morgan fingerprint density at radius 3 is 3.08 bits per heavy atom. The zero-order valence-corrected chi connectivity index (χ0v) is 14.3. The molecule has 3 rings (SSSR count). The topological polar surface area (TPSA) is 72.1 Å². The number of aromatic nitrogens is 1. The molecule has 0 saturated heterocycles. The predicted molar refractivity (Wildman–Crippen MR) is 89.7 cm³/mol. The van der Waals surface area contributed by atoms with E-state index < -0.39 is 0 Å². The van der Waals surface area contributed by atoms with Gasteiger partial charge in [-0.05, 0) is 24.1 Å². The van der Waals surface area contributed by atoms with Crippen molar-refractivity contribution in [1.82, 2.24) is 15.4 Å². The van der Waals surface area contributed by atoms with E-state index in [2.05, 4.69) is 15.5 Å². The lowest BCUT2D eigenvalue weighted by atomic mass is 10.1. The van der Waals surface area contributed by atoms with Gasteiger partial charge >= 0.3 is 0 Å². The molecule has 25 heavy (non-hydrogen) atoms. The molecule has 0 amide bonds. The van der Waals surface area contributed by atoms with Crippen LogP contribution in [0.15, 0.2) is 34.0 Å². The molecule has 2 aromatic rings. The number of benzene rings is 1. The standard InChI is InChI=1S/C17H21FN4O3/c1-19-17(22(2)9-15-4-6-25-21-15)20-5-3-12-7-14(18)8-13-10-23-11-24-16(12)13/h4,6-8H,3,5,9-11H2,1-2H3,(H,19,20). The first-order valence-electron chi connectivity index (χ1n) is 8.00. The van der Waals surface area contributed by atoms with Crippen LogP contribution in [0.3, 0.4) is 0 Å². The number of rotatable bonds is 5. The van der Waals surface area contributed by atoms with Crippen molar-refractivity contribution in [2.75, 3.05) is 27.4 Å². The van der Waals surface area contributed by atoms with Crippen LogP contribution in [0.25, 0.3) is 0 Å². The Morgan fingerprint density at radius 2 is 2.32 bits per heavy atom. The van der Waals surface area contributed by atoms with Gasteiger partial charge in [0.05, 0.1) is 13.2 Å². The highest BCUT2D eigenvalue weighted by Crippen LogP contribution is 2.29. The third kappa shape index (κ3) is 4.27. The van der Waals surface area contributed by atoms with Crippen LogP contribution >= 0.6 is 0 Å². The van der Waals surface area contributed by atoms with Crippen LogP contribution in [0.2, 0.25) is 0 Å². The van der Waals surface area contributed by atoms with E-state index in [4.69, 9.17) is 14.0 Å². The van der Waals surface area contributed by atoms with Crippen LogP contribution in [-0.4, -0.2) is 43.4 Å². The van der Waals surface area contributed by atoms with Gasteiger partial charge in [-0.2, -0.15) is 0 Å². The van der Waals surface area contributed by atoms with E-state index in [0.29, 0.717) is 26.1 Å². The van der Waals surface area contributed by atoms with Crippen molar-refractivity contribution in [2.45, 2.75) is 19.6 Å². The normalized spacial score (nSPS) is 14.0. The largest absolute Gasteiger partial charge is 0.467 e. The molecule has 0 atom stereocenters. The van der Waals surface area contributed by atoms with Crippen molar-refractivity contribution < 1.29 is 18.4 Å². The molecule has 1 aromatic heterocycles. The van der Waals surface area contributed by atoms with Crippen molar-refractivity contribution in [1.29, 1.82) is 0 Å². The van der Waals surface area contributed by atoms with E-state index in [1.54, 1.807) is 7.05 Å². The molecule has 0 radical (unpaired) electrons. The van der Waals surface area contributed by atoms with Crippen LogP contribution in [0, 0.1) is 5.82 Å². The molecule has 0 saturated carbocycles. The second-order valence-corrected chi connectivity index (χ2v) is 5.73. The number of halogens is 1. The lowest BCUT2D eigenvalue weighted by Crippen LogP contribution is -2.39. The van der Waals surface area contributed by atoms with Crippen LogP contribution in [0.5, 0.6) is 5.75 Å². The average Bonchev–Trinajstić information content (AvgIpc) is 3.11. The zero-order chi connectivity index (χ0) is 17.6. The summed E-state index contributed by atoms with van der Waals surface area (Å²) in [5.74, 6) is 1.16. The molecular formula is C17H21FN4O3. The Morgan fingerprint density at radius 1 is 1.44 bits per heavy atom. The molecule has 2 heterocycles. The Labute approximate surface area is 145 Å². The van der Waals surface area contributed by atoms with E-state index in [0.717, 1.165) is 28.5 Å². The molecule has 0 bridgehead atoms. The van der Waals surface area contributed by atoms with Gasteiger partial charge in [0, 0.05) is 32.3 Å². The molecule has 0 fully saturated rings. The van der Waals surface area contributed by atoms with Gasteiger partial charge in [0.25, 0.3) is 0 Å². The molecule has 1 aromatic carbocycles. The zero-order valence-electron chi connectivity index (χ0n) is 14.3. The van der Waals surface area contributed by atoms with Gasteiger partial charge in [0.15, 0.2) is 12.8 Å². The molecule has 0 spiro atoms. The summed E-state index contributed by atoms with van der Waals surface area (Å²) in [7, 11) is 3.63. The molecule has 0 unspecified atom stereocenters. The minimum Gasteiger partial charge on any atom is -0.467 e. The third-order valence-electron chi connectivity index (χ3n) is 3.89. The van der Waals surface area contributed by atoms with Gasteiger partial charge in [-0.25, -0.2) is 4.39 Å². The number of nitrogens with zero attached hydrogens (tertiary/aromatic N) is 3. The first-order chi connectivity index (χ1) is 12.2. The maximum Gasteiger partial charge on any atom is 0.193 e. The minimum absolute atomic E-state index is 0.196. The van der Waals surface area contributed by atoms with Gasteiger partial charge in [-0.1, -0.05) is 5.16 Å². The number of guanidine groups is 1. The summed E-state index contributed by atoms with van der Waals surface area (Å²) < 4.78 is 29.3. The van der Waals surface area contributed by atoms with Gasteiger partial charge < -0.3 is 24.2 Å². The molecule has 7 nitrogen and oxygen atoms in total. The van der Waals surface area contributed by atoms with E-state index >= 15 is 0 Å². The smallest absolute Gasteiger partial charge is 0.193 e. The van der Waals surface area contributed by atoms with Crippen molar-refractivity contribution in [3.63, 3.8) is 0 Å². The molecule has 8 heteroatoms. The molecule has 1 aliphatic heterocycles. The summed E-state index contributed by atoms with van der Waals surface area (Å²) in [4.78, 5) is 6.19. The summed E-state index contributed by atoms with van der Waals surface area (Å²) in [6.07, 6.45) is 2.15. The fraction of sp³-hybridized carbons (Fsp3) is 0.412. The van der Waals surface area contributed by atoms with Gasteiger partial charge in [0.1, 0.15) is 23.5 Å². The number of hydrogen-bond donors (Lipinski definition) is 1. The highest BCUT2D eigenvalue weighted by atomic mass is 19.1. The molecule has 1 N–H and O–H groups in total. The highest BCUT2D eigenvalue weighted by molar-refractivity contribution is 5.79. The number of hydrogen-bond acceptors (Lipinski definition) is 5. The maximum atomic E-state index is 13.8. The first kappa shape index (κ1) is 17.2. The van der Waals surface area contributed by atoms with Crippen LogP contribution in [0.4, 0.5) is 4.39 Å². The van der Waals surface area contributed by atoms with Crippen molar-refractivity contribution in [3.05, 3.63) is 47.1 Å². The van der Waals surface area contributed by atoms with Gasteiger partial charge in [0.2, 0.25) is 0 Å².